The molecule has 152 valence electrons. The zero-order chi connectivity index (χ0) is 20.2. The summed E-state index contributed by atoms with van der Waals surface area (Å²) in [6.45, 7) is 4.92. The minimum absolute atomic E-state index is 0.450. The van der Waals surface area contributed by atoms with E-state index in [9.17, 15) is 4.79 Å². The van der Waals surface area contributed by atoms with Crippen LogP contribution in [0.5, 0.6) is 5.75 Å². The molecule has 29 heavy (non-hydrogen) atoms. The van der Waals surface area contributed by atoms with Crippen molar-refractivity contribution in [2.75, 3.05) is 44.7 Å². The van der Waals surface area contributed by atoms with Gasteiger partial charge in [-0.1, -0.05) is 18.2 Å². The lowest BCUT2D eigenvalue weighted by Gasteiger charge is -2.21. The third-order valence-corrected chi connectivity index (χ3v) is 5.53. The first-order valence-corrected chi connectivity index (χ1v) is 10.0. The van der Waals surface area contributed by atoms with Crippen LogP contribution in [0.15, 0.2) is 42.5 Å². The minimum atomic E-state index is -0.450. The van der Waals surface area contributed by atoms with E-state index in [0.29, 0.717) is 11.1 Å². The van der Waals surface area contributed by atoms with Crippen LogP contribution in [0.25, 0.3) is 11.0 Å². The SMILES string of the molecule is COc1ccc(CCN2CCCN(c3nc4c(C(N)=O)cccc4[nH]3)CC2)cc1. The van der Waals surface area contributed by atoms with Crippen molar-refractivity contribution in [3.05, 3.63) is 53.6 Å². The molecule has 1 fully saturated rings. The maximum Gasteiger partial charge on any atom is 0.250 e. The number of aromatic nitrogens is 2. The monoisotopic (exact) mass is 393 g/mol. The summed E-state index contributed by atoms with van der Waals surface area (Å²) in [6, 6.07) is 13.8. The quantitative estimate of drug-likeness (QED) is 0.672. The molecule has 2 heterocycles. The summed E-state index contributed by atoms with van der Waals surface area (Å²) in [7, 11) is 1.69. The van der Waals surface area contributed by atoms with Crippen LogP contribution in [0.3, 0.4) is 0 Å². The molecule has 0 atom stereocenters. The average molecular weight is 393 g/mol. The molecule has 1 aliphatic heterocycles. The van der Waals surface area contributed by atoms with E-state index in [1.807, 2.05) is 24.3 Å². The van der Waals surface area contributed by atoms with Gasteiger partial charge in [0.1, 0.15) is 11.3 Å². The summed E-state index contributed by atoms with van der Waals surface area (Å²) in [5.41, 5.74) is 8.76. The number of hydrogen-bond donors (Lipinski definition) is 2. The van der Waals surface area contributed by atoms with Crippen molar-refractivity contribution in [3.63, 3.8) is 0 Å². The number of anilines is 1. The number of hydrogen-bond acceptors (Lipinski definition) is 5. The van der Waals surface area contributed by atoms with E-state index in [-0.39, 0.29) is 0 Å². The van der Waals surface area contributed by atoms with Crippen molar-refractivity contribution in [1.82, 2.24) is 14.9 Å². The highest BCUT2D eigenvalue weighted by Crippen LogP contribution is 2.22. The fourth-order valence-electron chi connectivity index (χ4n) is 3.85. The van der Waals surface area contributed by atoms with Gasteiger partial charge >= 0.3 is 0 Å². The Hall–Kier alpha value is -3.06. The number of fused-ring (bicyclic) bond motifs is 1. The van der Waals surface area contributed by atoms with Crippen LogP contribution < -0.4 is 15.4 Å². The Morgan fingerprint density at radius 1 is 1.14 bits per heavy atom. The first kappa shape index (κ1) is 19.3. The van der Waals surface area contributed by atoms with Gasteiger partial charge in [-0.15, -0.1) is 0 Å². The van der Waals surface area contributed by atoms with E-state index in [0.717, 1.165) is 62.8 Å². The summed E-state index contributed by atoms with van der Waals surface area (Å²) in [5, 5.41) is 0. The fraction of sp³-hybridized carbons (Fsp3) is 0.364. The molecule has 4 rings (SSSR count). The molecule has 0 saturated carbocycles. The van der Waals surface area contributed by atoms with E-state index in [1.54, 1.807) is 13.2 Å². The van der Waals surface area contributed by atoms with Crippen LogP contribution in [0.4, 0.5) is 5.95 Å². The normalized spacial score (nSPS) is 15.4. The van der Waals surface area contributed by atoms with Crippen molar-refractivity contribution in [2.24, 2.45) is 5.73 Å². The molecule has 0 aliphatic carbocycles. The number of nitrogens with zero attached hydrogens (tertiary/aromatic N) is 3. The van der Waals surface area contributed by atoms with Crippen LogP contribution >= 0.6 is 0 Å². The van der Waals surface area contributed by atoms with Crippen LogP contribution in [-0.2, 0) is 6.42 Å². The van der Waals surface area contributed by atoms with E-state index in [4.69, 9.17) is 10.5 Å². The molecule has 1 saturated heterocycles. The number of nitrogens with one attached hydrogen (secondary N) is 1. The highest BCUT2D eigenvalue weighted by Gasteiger charge is 2.19. The Labute approximate surface area is 170 Å². The predicted octanol–water partition coefficient (Wildman–Crippen LogP) is 2.43. The predicted molar refractivity (Wildman–Crippen MR) is 115 cm³/mol. The Morgan fingerprint density at radius 2 is 1.97 bits per heavy atom. The second-order valence-electron chi connectivity index (χ2n) is 7.41. The highest BCUT2D eigenvalue weighted by atomic mass is 16.5. The Kier molecular flexibility index (Phi) is 5.67. The molecule has 0 bridgehead atoms. The zero-order valence-electron chi connectivity index (χ0n) is 16.7. The van der Waals surface area contributed by atoms with Crippen LogP contribution in [-0.4, -0.2) is 60.6 Å². The Bertz CT molecular complexity index is 983. The van der Waals surface area contributed by atoms with Gasteiger partial charge in [0.05, 0.1) is 18.2 Å². The Balaban J connectivity index is 1.39. The summed E-state index contributed by atoms with van der Waals surface area (Å²) in [6.07, 6.45) is 2.10. The largest absolute Gasteiger partial charge is 0.497 e. The number of imidazole rings is 1. The molecule has 0 spiro atoms. The average Bonchev–Trinajstić information content (AvgIpc) is 3.03. The number of para-hydroxylation sites is 1. The number of primary amides is 1. The second kappa shape index (κ2) is 8.53. The molecule has 2 aromatic carbocycles. The van der Waals surface area contributed by atoms with Gasteiger partial charge in [-0.25, -0.2) is 4.98 Å². The standard InChI is InChI=1S/C22H27N5O2/c1-29-17-8-6-16(7-9-17)10-13-26-11-3-12-27(15-14-26)22-24-19-5-2-4-18(21(23)28)20(19)25-22/h2,4-9H,3,10-15H2,1H3,(H2,23,28)(H,24,25). The van der Waals surface area contributed by atoms with Crippen molar-refractivity contribution in [3.8, 4) is 5.75 Å². The molecular weight excluding hydrogens is 366 g/mol. The summed E-state index contributed by atoms with van der Waals surface area (Å²) in [4.78, 5) is 24.4. The molecule has 7 heteroatoms. The number of nitrogens with two attached hydrogens (primary N) is 1. The Morgan fingerprint density at radius 3 is 2.72 bits per heavy atom. The maximum atomic E-state index is 11.7. The molecule has 0 unspecified atom stereocenters. The number of carbonyl (C=O) groups excluding carboxylic acids is 1. The maximum absolute atomic E-state index is 11.7. The van der Waals surface area contributed by atoms with Gasteiger partial charge in [0.2, 0.25) is 5.95 Å². The smallest absolute Gasteiger partial charge is 0.250 e. The summed E-state index contributed by atoms with van der Waals surface area (Å²) in [5.74, 6) is 1.25. The summed E-state index contributed by atoms with van der Waals surface area (Å²) >= 11 is 0. The molecule has 3 N–H and O–H groups in total. The van der Waals surface area contributed by atoms with Crippen LogP contribution in [0.2, 0.25) is 0 Å². The first-order chi connectivity index (χ1) is 14.1. The number of methoxy groups -OCH3 is 1. The van der Waals surface area contributed by atoms with Gasteiger partial charge < -0.3 is 25.3 Å². The lowest BCUT2D eigenvalue weighted by atomic mass is 10.1. The number of carbonyl (C=O) groups is 1. The number of ether oxygens (including phenoxy) is 1. The molecule has 7 nitrogen and oxygen atoms in total. The van der Waals surface area contributed by atoms with Gasteiger partial charge in [-0.2, -0.15) is 0 Å². The van der Waals surface area contributed by atoms with Crippen LogP contribution in [0, 0.1) is 0 Å². The third-order valence-electron chi connectivity index (χ3n) is 5.53. The molecule has 3 aromatic rings. The minimum Gasteiger partial charge on any atom is -0.497 e. The van der Waals surface area contributed by atoms with Gasteiger partial charge in [0.25, 0.3) is 5.91 Å². The summed E-state index contributed by atoms with van der Waals surface area (Å²) < 4.78 is 5.23. The van der Waals surface area contributed by atoms with E-state index in [2.05, 4.69) is 31.9 Å². The number of rotatable bonds is 6. The van der Waals surface area contributed by atoms with E-state index >= 15 is 0 Å². The van der Waals surface area contributed by atoms with E-state index in [1.165, 1.54) is 5.56 Å². The lowest BCUT2D eigenvalue weighted by Crippen LogP contribution is -2.32. The molecule has 0 radical (unpaired) electrons. The first-order valence-electron chi connectivity index (χ1n) is 10.0. The van der Waals surface area contributed by atoms with Gasteiger partial charge in [0.15, 0.2) is 0 Å². The fourth-order valence-corrected chi connectivity index (χ4v) is 3.85. The topological polar surface area (TPSA) is 87.5 Å². The highest BCUT2D eigenvalue weighted by molar-refractivity contribution is 6.04. The molecule has 1 aliphatic rings. The second-order valence-corrected chi connectivity index (χ2v) is 7.41. The number of benzene rings is 2. The van der Waals surface area contributed by atoms with Gasteiger partial charge in [0, 0.05) is 26.2 Å². The van der Waals surface area contributed by atoms with Gasteiger partial charge in [-0.3, -0.25) is 4.79 Å². The number of amides is 1. The molecule has 1 aromatic heterocycles. The van der Waals surface area contributed by atoms with Gasteiger partial charge in [-0.05, 0) is 49.2 Å². The number of aromatic amines is 1. The molecular formula is C22H27N5O2. The van der Waals surface area contributed by atoms with E-state index < -0.39 is 5.91 Å². The number of H-pyrrole nitrogens is 1. The van der Waals surface area contributed by atoms with Crippen LogP contribution in [0.1, 0.15) is 22.3 Å². The lowest BCUT2D eigenvalue weighted by molar-refractivity contribution is 0.100. The molecule has 1 amide bonds. The van der Waals surface area contributed by atoms with Crippen molar-refractivity contribution < 1.29 is 9.53 Å². The van der Waals surface area contributed by atoms with Crippen molar-refractivity contribution in [1.29, 1.82) is 0 Å². The zero-order valence-corrected chi connectivity index (χ0v) is 16.7. The van der Waals surface area contributed by atoms with Crippen molar-refractivity contribution >= 4 is 22.9 Å². The third kappa shape index (κ3) is 4.35. The van der Waals surface area contributed by atoms with Crippen molar-refractivity contribution in [2.45, 2.75) is 12.8 Å².